The molecule has 0 amide bonds. The highest BCUT2D eigenvalue weighted by molar-refractivity contribution is 5.06. The van der Waals surface area contributed by atoms with E-state index in [9.17, 15) is 0 Å². The molecule has 0 heterocycles. The first kappa shape index (κ1) is 5.65. The average molecular weight is 110 g/mol. The zero-order chi connectivity index (χ0) is 5.98. The van der Waals surface area contributed by atoms with Gasteiger partial charge in [0.1, 0.15) is 6.10 Å². The molecule has 0 radical (unpaired) electrons. The van der Waals surface area contributed by atoms with E-state index in [2.05, 4.69) is 11.8 Å². The minimum Gasteiger partial charge on any atom is -0.380 e. The predicted octanol–water partition coefficient (Wildman–Crippen LogP) is 0.781. The van der Waals surface area contributed by atoms with Crippen molar-refractivity contribution in [3.8, 4) is 11.8 Å². The summed E-state index contributed by atoms with van der Waals surface area (Å²) in [5, 5.41) is 9.02. The van der Waals surface area contributed by atoms with E-state index in [-0.39, 0.29) is 6.10 Å². The predicted molar refractivity (Wildman–Crippen MR) is 32.2 cm³/mol. The first-order valence-corrected chi connectivity index (χ1v) is 2.95. The highest BCUT2D eigenvalue weighted by atomic mass is 16.3. The fourth-order valence-corrected chi connectivity index (χ4v) is 0.678. The molecule has 1 aliphatic carbocycles. The van der Waals surface area contributed by atoms with Crippen LogP contribution in [0.2, 0.25) is 0 Å². The fourth-order valence-electron chi connectivity index (χ4n) is 0.678. The van der Waals surface area contributed by atoms with Gasteiger partial charge in [0, 0.05) is 0 Å². The Morgan fingerprint density at radius 2 is 2.25 bits per heavy atom. The summed E-state index contributed by atoms with van der Waals surface area (Å²) in [5.74, 6) is 5.90. The molecule has 1 unspecified atom stereocenters. The van der Waals surface area contributed by atoms with Gasteiger partial charge in [0.15, 0.2) is 0 Å². The summed E-state index contributed by atoms with van der Waals surface area (Å²) in [5.41, 5.74) is 0. The van der Waals surface area contributed by atoms with Crippen molar-refractivity contribution in [2.24, 2.45) is 5.92 Å². The molecule has 1 aliphatic rings. The van der Waals surface area contributed by atoms with E-state index >= 15 is 0 Å². The van der Waals surface area contributed by atoms with E-state index in [0.717, 1.165) is 12.8 Å². The van der Waals surface area contributed by atoms with Gasteiger partial charge in [-0.05, 0) is 25.7 Å². The molecule has 0 aromatic rings. The third-order valence-electron chi connectivity index (χ3n) is 1.36. The second-order valence-electron chi connectivity index (χ2n) is 2.18. The van der Waals surface area contributed by atoms with Gasteiger partial charge in [-0.1, -0.05) is 5.92 Å². The summed E-state index contributed by atoms with van der Waals surface area (Å²) in [4.78, 5) is 0. The van der Waals surface area contributed by atoms with Gasteiger partial charge in [-0.2, -0.15) is 0 Å². The first-order valence-electron chi connectivity index (χ1n) is 2.95. The van der Waals surface area contributed by atoms with Gasteiger partial charge in [-0.25, -0.2) is 0 Å². The van der Waals surface area contributed by atoms with Crippen LogP contribution in [0.15, 0.2) is 0 Å². The van der Waals surface area contributed by atoms with Crippen LogP contribution in [0.4, 0.5) is 0 Å². The van der Waals surface area contributed by atoms with Crippen LogP contribution < -0.4 is 0 Å². The van der Waals surface area contributed by atoms with Crippen molar-refractivity contribution in [1.82, 2.24) is 0 Å². The van der Waals surface area contributed by atoms with Gasteiger partial charge in [0.05, 0.1) is 0 Å². The minimum absolute atomic E-state index is 0.333. The number of hydrogen-bond donors (Lipinski definition) is 1. The topological polar surface area (TPSA) is 20.2 Å². The largest absolute Gasteiger partial charge is 0.380 e. The summed E-state index contributed by atoms with van der Waals surface area (Å²) in [6, 6.07) is 0. The van der Waals surface area contributed by atoms with Crippen LogP contribution in [-0.2, 0) is 0 Å². The third-order valence-corrected chi connectivity index (χ3v) is 1.36. The molecule has 0 bridgehead atoms. The van der Waals surface area contributed by atoms with Gasteiger partial charge in [0.2, 0.25) is 0 Å². The van der Waals surface area contributed by atoms with Crippen LogP contribution in [-0.4, -0.2) is 11.2 Å². The van der Waals surface area contributed by atoms with Gasteiger partial charge in [0.25, 0.3) is 0 Å². The standard InChI is InChI=1S/C7H10O/c1-2-3-7(8)6-4-5-6/h6-8H,4-5H2,1H3. The van der Waals surface area contributed by atoms with Crippen molar-refractivity contribution in [1.29, 1.82) is 0 Å². The van der Waals surface area contributed by atoms with E-state index in [4.69, 9.17) is 5.11 Å². The molecular formula is C7H10O. The molecule has 1 saturated carbocycles. The second kappa shape index (κ2) is 2.19. The van der Waals surface area contributed by atoms with Crippen LogP contribution in [0.25, 0.3) is 0 Å². The Bertz CT molecular complexity index is 125. The SMILES string of the molecule is CC#CC(O)C1CC1. The maximum Gasteiger partial charge on any atom is 0.117 e. The second-order valence-corrected chi connectivity index (χ2v) is 2.18. The lowest BCUT2D eigenvalue weighted by Gasteiger charge is -1.94. The quantitative estimate of drug-likeness (QED) is 0.494. The molecule has 8 heavy (non-hydrogen) atoms. The molecule has 0 spiro atoms. The Morgan fingerprint density at radius 1 is 1.62 bits per heavy atom. The molecule has 1 N–H and O–H groups in total. The van der Waals surface area contributed by atoms with Crippen molar-refractivity contribution in [3.05, 3.63) is 0 Å². The zero-order valence-corrected chi connectivity index (χ0v) is 5.02. The first-order chi connectivity index (χ1) is 3.84. The van der Waals surface area contributed by atoms with Crippen LogP contribution in [0, 0.1) is 17.8 Å². The Balaban J connectivity index is 2.29. The molecule has 1 fully saturated rings. The Morgan fingerprint density at radius 3 is 2.62 bits per heavy atom. The minimum atomic E-state index is -0.333. The highest BCUT2D eigenvalue weighted by Crippen LogP contribution is 2.31. The summed E-state index contributed by atoms with van der Waals surface area (Å²) < 4.78 is 0. The average Bonchev–Trinajstić information content (AvgIpc) is 2.45. The number of rotatable bonds is 1. The molecule has 1 heteroatoms. The zero-order valence-electron chi connectivity index (χ0n) is 5.02. The summed E-state index contributed by atoms with van der Waals surface area (Å²) in [6.07, 6.45) is 1.99. The molecular weight excluding hydrogens is 100 g/mol. The maximum absolute atomic E-state index is 9.02. The maximum atomic E-state index is 9.02. The summed E-state index contributed by atoms with van der Waals surface area (Å²) in [6.45, 7) is 1.76. The molecule has 0 saturated heterocycles. The van der Waals surface area contributed by atoms with Crippen LogP contribution in [0.3, 0.4) is 0 Å². The van der Waals surface area contributed by atoms with Gasteiger partial charge in [-0.15, -0.1) is 5.92 Å². The molecule has 1 rings (SSSR count). The van der Waals surface area contributed by atoms with Crippen molar-refractivity contribution in [3.63, 3.8) is 0 Å². The number of aliphatic hydroxyl groups excluding tert-OH is 1. The van der Waals surface area contributed by atoms with E-state index in [1.807, 2.05) is 0 Å². The van der Waals surface area contributed by atoms with Gasteiger partial charge in [-0.3, -0.25) is 0 Å². The van der Waals surface area contributed by atoms with Crippen LogP contribution >= 0.6 is 0 Å². The third kappa shape index (κ3) is 1.24. The molecule has 0 aliphatic heterocycles. The van der Waals surface area contributed by atoms with E-state index < -0.39 is 0 Å². The van der Waals surface area contributed by atoms with Crippen molar-refractivity contribution < 1.29 is 5.11 Å². The van der Waals surface area contributed by atoms with Crippen LogP contribution in [0.5, 0.6) is 0 Å². The lowest BCUT2D eigenvalue weighted by atomic mass is 10.2. The summed E-state index contributed by atoms with van der Waals surface area (Å²) >= 11 is 0. The molecule has 0 aromatic carbocycles. The van der Waals surface area contributed by atoms with Gasteiger partial charge < -0.3 is 5.11 Å². The number of aliphatic hydroxyl groups is 1. The monoisotopic (exact) mass is 110 g/mol. The highest BCUT2D eigenvalue weighted by Gasteiger charge is 2.27. The fraction of sp³-hybridized carbons (Fsp3) is 0.714. The van der Waals surface area contributed by atoms with Crippen molar-refractivity contribution >= 4 is 0 Å². The van der Waals surface area contributed by atoms with E-state index in [0.29, 0.717) is 5.92 Å². The molecule has 0 aromatic heterocycles. The Labute approximate surface area is 49.7 Å². The smallest absolute Gasteiger partial charge is 0.117 e. The van der Waals surface area contributed by atoms with Gasteiger partial charge >= 0.3 is 0 Å². The van der Waals surface area contributed by atoms with E-state index in [1.54, 1.807) is 6.92 Å². The summed E-state index contributed by atoms with van der Waals surface area (Å²) in [7, 11) is 0. The van der Waals surface area contributed by atoms with Crippen molar-refractivity contribution in [2.75, 3.05) is 0 Å². The molecule has 1 atom stereocenters. The number of hydrogen-bond acceptors (Lipinski definition) is 1. The molecule has 44 valence electrons. The normalized spacial score (nSPS) is 21.2. The lowest BCUT2D eigenvalue weighted by Crippen LogP contribution is -2.03. The molecule has 1 nitrogen and oxygen atoms in total. The Hall–Kier alpha value is -0.480. The Kier molecular flexibility index (Phi) is 1.55. The van der Waals surface area contributed by atoms with Crippen molar-refractivity contribution in [2.45, 2.75) is 25.9 Å². The van der Waals surface area contributed by atoms with Crippen LogP contribution in [0.1, 0.15) is 19.8 Å². The van der Waals surface area contributed by atoms with E-state index in [1.165, 1.54) is 0 Å². The lowest BCUT2D eigenvalue weighted by molar-refractivity contribution is 0.209.